The van der Waals surface area contributed by atoms with Crippen molar-refractivity contribution >= 4 is 0 Å². The Labute approximate surface area is 189 Å². The molecule has 1 saturated carbocycles. The molecule has 0 saturated heterocycles. The Hall–Kier alpha value is -1.70. The first-order valence-electron chi connectivity index (χ1n) is 12.9. The molecule has 2 aromatic rings. The number of benzene rings is 1. The zero-order valence-electron chi connectivity index (χ0n) is 20.0. The van der Waals surface area contributed by atoms with Crippen LogP contribution in [-0.4, -0.2) is 4.98 Å². The van der Waals surface area contributed by atoms with E-state index in [0.29, 0.717) is 5.56 Å². The number of nitrogens with zero attached hydrogens (tertiary/aromatic N) is 1. The number of hydrogen-bond acceptors (Lipinski definition) is 1. The molecule has 1 aromatic carbocycles. The predicted molar refractivity (Wildman–Crippen MR) is 131 cm³/mol. The lowest BCUT2D eigenvalue weighted by Crippen LogP contribution is -2.27. The van der Waals surface area contributed by atoms with Crippen molar-refractivity contribution in [2.45, 2.75) is 97.8 Å². The highest BCUT2D eigenvalue weighted by Gasteiger charge is 2.30. The molecule has 1 fully saturated rings. The summed E-state index contributed by atoms with van der Waals surface area (Å²) in [6, 6.07) is 9.86. The molecule has 1 aliphatic carbocycles. The maximum atomic E-state index is 14.9. The molecule has 0 N–H and O–H groups in total. The second-order valence-corrected chi connectivity index (χ2v) is 9.67. The van der Waals surface area contributed by atoms with E-state index < -0.39 is 0 Å². The molecule has 3 rings (SSSR count). The molecule has 2 heteroatoms. The van der Waals surface area contributed by atoms with Crippen molar-refractivity contribution in [3.05, 3.63) is 53.5 Å². The molecule has 0 bridgehead atoms. The summed E-state index contributed by atoms with van der Waals surface area (Å²) in [5.41, 5.74) is 3.73. The van der Waals surface area contributed by atoms with Gasteiger partial charge in [0.05, 0.1) is 5.69 Å². The monoisotopic (exact) mass is 423 g/mol. The van der Waals surface area contributed by atoms with E-state index in [9.17, 15) is 4.39 Å². The number of unbranched alkanes of at least 4 members (excludes halogenated alkanes) is 1. The van der Waals surface area contributed by atoms with Gasteiger partial charge < -0.3 is 0 Å². The molecule has 1 aromatic heterocycles. The Morgan fingerprint density at radius 1 is 0.968 bits per heavy atom. The van der Waals surface area contributed by atoms with E-state index in [1.54, 1.807) is 6.07 Å². The number of aromatic nitrogens is 1. The van der Waals surface area contributed by atoms with E-state index in [4.69, 9.17) is 0 Å². The van der Waals surface area contributed by atoms with Crippen LogP contribution >= 0.6 is 0 Å². The standard InChI is InChI=1S/C29H42FN/c1-4-7-11-23-16-19-29(31-21-23)27-18-15-22(20-28(27)30)14-17-25-12-8-9-13-26(25)24(6-3)10-5-2/h15-16,18-21,24-26H,4-14,17H2,1-3H3/t24?,25-,26-/m0/s1. The molecule has 0 radical (unpaired) electrons. The summed E-state index contributed by atoms with van der Waals surface area (Å²) >= 11 is 0. The van der Waals surface area contributed by atoms with Gasteiger partial charge in [-0.3, -0.25) is 4.98 Å². The molecule has 1 unspecified atom stereocenters. The largest absolute Gasteiger partial charge is 0.256 e. The molecule has 1 heterocycles. The van der Waals surface area contributed by atoms with Crippen LogP contribution in [0, 0.1) is 23.6 Å². The summed E-state index contributed by atoms with van der Waals surface area (Å²) < 4.78 is 14.9. The molecule has 1 nitrogen and oxygen atoms in total. The molecule has 170 valence electrons. The third-order valence-electron chi connectivity index (χ3n) is 7.51. The fourth-order valence-corrected chi connectivity index (χ4v) is 5.69. The van der Waals surface area contributed by atoms with E-state index in [2.05, 4.69) is 37.9 Å². The minimum absolute atomic E-state index is 0.135. The van der Waals surface area contributed by atoms with Gasteiger partial charge in [-0.15, -0.1) is 0 Å². The van der Waals surface area contributed by atoms with Gasteiger partial charge >= 0.3 is 0 Å². The minimum atomic E-state index is -0.135. The quantitative estimate of drug-likeness (QED) is 0.352. The van der Waals surface area contributed by atoms with Crippen molar-refractivity contribution in [2.75, 3.05) is 0 Å². The average Bonchev–Trinajstić information content (AvgIpc) is 2.80. The molecule has 0 spiro atoms. The number of hydrogen-bond donors (Lipinski definition) is 0. The average molecular weight is 424 g/mol. The van der Waals surface area contributed by atoms with E-state index in [1.807, 2.05) is 18.3 Å². The van der Waals surface area contributed by atoms with Crippen LogP contribution in [0.1, 0.15) is 96.1 Å². The smallest absolute Gasteiger partial charge is 0.132 e. The fraction of sp³-hybridized carbons (Fsp3) is 0.621. The van der Waals surface area contributed by atoms with E-state index in [1.165, 1.54) is 69.8 Å². The van der Waals surface area contributed by atoms with Gasteiger partial charge in [-0.25, -0.2) is 4.39 Å². The van der Waals surface area contributed by atoms with Crippen LogP contribution in [0.4, 0.5) is 4.39 Å². The lowest BCUT2D eigenvalue weighted by Gasteiger charge is -2.37. The van der Waals surface area contributed by atoms with Crippen molar-refractivity contribution in [2.24, 2.45) is 17.8 Å². The third-order valence-corrected chi connectivity index (χ3v) is 7.51. The van der Waals surface area contributed by atoms with E-state index >= 15 is 0 Å². The molecule has 1 aliphatic rings. The van der Waals surface area contributed by atoms with Gasteiger partial charge in [-0.05, 0) is 79.2 Å². The molecule has 3 atom stereocenters. The second kappa shape index (κ2) is 12.4. The Kier molecular flexibility index (Phi) is 9.55. The van der Waals surface area contributed by atoms with Crippen molar-refractivity contribution in [3.63, 3.8) is 0 Å². The molecular weight excluding hydrogens is 381 g/mol. The number of rotatable bonds is 11. The molecule has 31 heavy (non-hydrogen) atoms. The van der Waals surface area contributed by atoms with Crippen molar-refractivity contribution in [3.8, 4) is 11.3 Å². The maximum absolute atomic E-state index is 14.9. The number of aryl methyl sites for hydroxylation is 2. The highest BCUT2D eigenvalue weighted by Crippen LogP contribution is 2.40. The first kappa shape index (κ1) is 24.0. The predicted octanol–water partition coefficient (Wildman–Crippen LogP) is 8.80. The second-order valence-electron chi connectivity index (χ2n) is 9.67. The summed E-state index contributed by atoms with van der Waals surface area (Å²) in [5, 5.41) is 0. The van der Waals surface area contributed by atoms with Gasteiger partial charge in [0.2, 0.25) is 0 Å². The van der Waals surface area contributed by atoms with Crippen LogP contribution in [0.5, 0.6) is 0 Å². The first-order chi connectivity index (χ1) is 15.2. The van der Waals surface area contributed by atoms with E-state index in [0.717, 1.165) is 41.9 Å². The zero-order valence-corrected chi connectivity index (χ0v) is 20.0. The van der Waals surface area contributed by atoms with Gasteiger partial charge in [0.25, 0.3) is 0 Å². The highest BCUT2D eigenvalue weighted by atomic mass is 19.1. The SMILES string of the molecule is CCCCc1ccc(-c2ccc(CC[C@@H]3CCCC[C@H]3C(CC)CCC)cc2F)nc1. The lowest BCUT2D eigenvalue weighted by molar-refractivity contribution is 0.140. The highest BCUT2D eigenvalue weighted by molar-refractivity contribution is 5.60. The molecule has 0 amide bonds. The molecular formula is C29H42FN. The lowest BCUT2D eigenvalue weighted by atomic mass is 9.68. The molecule has 0 aliphatic heterocycles. The van der Waals surface area contributed by atoms with Crippen molar-refractivity contribution < 1.29 is 4.39 Å². The number of pyridine rings is 1. The summed E-state index contributed by atoms with van der Waals surface area (Å²) in [7, 11) is 0. The van der Waals surface area contributed by atoms with Crippen molar-refractivity contribution in [1.82, 2.24) is 4.98 Å². The Morgan fingerprint density at radius 2 is 1.77 bits per heavy atom. The van der Waals surface area contributed by atoms with Crippen LogP contribution in [-0.2, 0) is 12.8 Å². The van der Waals surface area contributed by atoms with Crippen LogP contribution in [0.3, 0.4) is 0 Å². The van der Waals surface area contributed by atoms with Gasteiger partial charge in [-0.2, -0.15) is 0 Å². The van der Waals surface area contributed by atoms with Gasteiger partial charge in [-0.1, -0.05) is 77.8 Å². The Balaban J connectivity index is 1.63. The first-order valence-corrected chi connectivity index (χ1v) is 12.9. The Bertz CT molecular complexity index is 782. The summed E-state index contributed by atoms with van der Waals surface area (Å²) in [5.74, 6) is 2.42. The summed E-state index contributed by atoms with van der Waals surface area (Å²) in [4.78, 5) is 4.53. The maximum Gasteiger partial charge on any atom is 0.132 e. The van der Waals surface area contributed by atoms with Gasteiger partial charge in [0.1, 0.15) is 5.82 Å². The minimum Gasteiger partial charge on any atom is -0.256 e. The zero-order chi connectivity index (χ0) is 22.1. The van der Waals surface area contributed by atoms with Crippen LogP contribution in [0.2, 0.25) is 0 Å². The van der Waals surface area contributed by atoms with Crippen LogP contribution < -0.4 is 0 Å². The van der Waals surface area contributed by atoms with Crippen LogP contribution in [0.15, 0.2) is 36.5 Å². The van der Waals surface area contributed by atoms with Gasteiger partial charge in [0.15, 0.2) is 0 Å². The van der Waals surface area contributed by atoms with E-state index in [-0.39, 0.29) is 5.82 Å². The van der Waals surface area contributed by atoms with Crippen LogP contribution in [0.25, 0.3) is 11.3 Å². The van der Waals surface area contributed by atoms with Crippen molar-refractivity contribution in [1.29, 1.82) is 0 Å². The number of halogens is 1. The van der Waals surface area contributed by atoms with Gasteiger partial charge in [0, 0.05) is 11.8 Å². The fourth-order valence-electron chi connectivity index (χ4n) is 5.69. The third kappa shape index (κ3) is 6.64. The summed E-state index contributed by atoms with van der Waals surface area (Å²) in [6.45, 7) is 6.88. The topological polar surface area (TPSA) is 12.9 Å². The Morgan fingerprint density at radius 3 is 2.45 bits per heavy atom. The normalized spacial score (nSPS) is 20.0. The summed E-state index contributed by atoms with van der Waals surface area (Å²) in [6.07, 6.45) is 17.0.